The third kappa shape index (κ3) is 6.55. The minimum absolute atomic E-state index is 0.0939. The van der Waals surface area contributed by atoms with Crippen molar-refractivity contribution in [2.24, 2.45) is 0 Å². The van der Waals surface area contributed by atoms with E-state index in [2.05, 4.69) is 10.2 Å². The second kappa shape index (κ2) is 13.8. The van der Waals surface area contributed by atoms with Crippen molar-refractivity contribution in [3.8, 4) is 0 Å². The molecule has 2 aromatic rings. The normalized spacial score (nSPS) is 24.7. The number of nitrogens with zero attached hydrogens (tertiary/aromatic N) is 3. The molecule has 0 saturated carbocycles. The van der Waals surface area contributed by atoms with E-state index in [1.165, 1.54) is 0 Å². The van der Waals surface area contributed by atoms with Gasteiger partial charge in [-0.3, -0.25) is 10.2 Å². The van der Waals surface area contributed by atoms with Crippen LogP contribution in [0.4, 0.5) is 0 Å². The number of allylic oxidation sites excluding steroid dienone is 2. The summed E-state index contributed by atoms with van der Waals surface area (Å²) in [4.78, 5) is 16.4. The van der Waals surface area contributed by atoms with E-state index in [9.17, 15) is 10.1 Å². The lowest BCUT2D eigenvalue weighted by Crippen LogP contribution is -2.44. The molecule has 0 radical (unpaired) electrons. The Morgan fingerprint density at radius 3 is 2.19 bits per heavy atom. The molecule has 42 heavy (non-hydrogen) atoms. The molecule has 0 aliphatic carbocycles. The van der Waals surface area contributed by atoms with Gasteiger partial charge in [-0.05, 0) is 29.0 Å². The van der Waals surface area contributed by atoms with Crippen LogP contribution in [0, 0.1) is 10.1 Å². The molecule has 222 valence electrons. The number of nitrogens with one attached hydrogen (secondary N) is 1. The van der Waals surface area contributed by atoms with E-state index < -0.39 is 0 Å². The third-order valence-electron chi connectivity index (χ3n) is 8.06. The maximum atomic E-state index is 14.3. The molecule has 6 bridgehead atoms. The van der Waals surface area contributed by atoms with Gasteiger partial charge in [0.2, 0.25) is 5.70 Å². The topological polar surface area (TPSA) is 98.6 Å². The lowest BCUT2D eigenvalue weighted by Gasteiger charge is -2.38. The molecule has 0 spiro atoms. The van der Waals surface area contributed by atoms with Crippen LogP contribution in [0.1, 0.15) is 12.8 Å². The Morgan fingerprint density at radius 2 is 1.43 bits per heavy atom. The van der Waals surface area contributed by atoms with Crippen molar-refractivity contribution in [2.75, 3.05) is 72.6 Å². The van der Waals surface area contributed by atoms with Crippen molar-refractivity contribution >= 4 is 23.5 Å². The third-order valence-corrected chi connectivity index (χ3v) is 8.06. The van der Waals surface area contributed by atoms with Crippen LogP contribution in [-0.4, -0.2) is 93.4 Å². The van der Waals surface area contributed by atoms with Crippen LogP contribution in [-0.2, 0) is 18.9 Å². The van der Waals surface area contributed by atoms with Gasteiger partial charge in [-0.1, -0.05) is 42.5 Å². The number of rotatable bonds is 0. The fraction of sp³-hybridized carbons (Fsp3) is 0.438. The monoisotopic (exact) mass is 574 g/mol. The van der Waals surface area contributed by atoms with Crippen LogP contribution in [0.5, 0.6) is 0 Å². The van der Waals surface area contributed by atoms with Gasteiger partial charge in [0.15, 0.2) is 0 Å². The highest BCUT2D eigenvalue weighted by atomic mass is 16.5. The number of ether oxygens (including phenoxy) is 4. The molecule has 10 nitrogen and oxygen atoms in total. The van der Waals surface area contributed by atoms with Gasteiger partial charge in [0, 0.05) is 54.2 Å². The van der Waals surface area contributed by atoms with Gasteiger partial charge in [-0.25, -0.2) is 0 Å². The summed E-state index contributed by atoms with van der Waals surface area (Å²) in [5.74, 6) is 0. The Kier molecular flexibility index (Phi) is 9.51. The molecule has 2 atom stereocenters. The second-order valence-corrected chi connectivity index (χ2v) is 10.8. The Hall–Kier alpha value is -3.22. The van der Waals surface area contributed by atoms with E-state index in [1.807, 2.05) is 60.7 Å². The van der Waals surface area contributed by atoms with Crippen molar-refractivity contribution in [3.05, 3.63) is 90.9 Å². The highest BCUT2D eigenvalue weighted by molar-refractivity contribution is 5.68. The van der Waals surface area contributed by atoms with E-state index in [0.29, 0.717) is 108 Å². The molecule has 0 amide bonds. The van der Waals surface area contributed by atoms with Gasteiger partial charge in [0.25, 0.3) is 5.70 Å². The lowest BCUT2D eigenvalue weighted by atomic mass is 10.0. The van der Waals surface area contributed by atoms with Crippen LogP contribution < -0.4 is 26.2 Å². The summed E-state index contributed by atoms with van der Waals surface area (Å²) in [6, 6.07) is 15.6. The number of benzene rings is 2. The van der Waals surface area contributed by atoms with Crippen LogP contribution in [0.15, 0.2) is 59.9 Å². The van der Waals surface area contributed by atoms with Crippen molar-refractivity contribution in [2.45, 2.75) is 18.9 Å². The summed E-state index contributed by atoms with van der Waals surface area (Å²) in [7, 11) is 0. The summed E-state index contributed by atoms with van der Waals surface area (Å²) in [5, 5.41) is 22.2. The van der Waals surface area contributed by atoms with Crippen molar-refractivity contribution in [1.29, 1.82) is 0 Å². The fourth-order valence-corrected chi connectivity index (χ4v) is 5.79. The Labute approximate surface area is 244 Å². The summed E-state index contributed by atoms with van der Waals surface area (Å²) in [6.07, 6.45) is 4.77. The molecular weight excluding hydrogens is 536 g/mol. The molecule has 0 aromatic heterocycles. The molecule has 1 N–H and O–H groups in total. The van der Waals surface area contributed by atoms with Crippen LogP contribution in [0.25, 0.3) is 23.5 Å². The SMILES string of the molecule is O=[N+]1C2=C3C=c4ccccc4=C(CN4CCOCCOCCC(CC1=c1ccccc1=C2)NCOCCOCC4)N3[O-]. The van der Waals surface area contributed by atoms with Crippen molar-refractivity contribution in [1.82, 2.24) is 15.3 Å². The maximum Gasteiger partial charge on any atom is 0.286 e. The molecule has 2 unspecified atom stereocenters. The second-order valence-electron chi connectivity index (χ2n) is 10.8. The summed E-state index contributed by atoms with van der Waals surface area (Å²) in [5.41, 5.74) is 1.85. The van der Waals surface area contributed by atoms with E-state index >= 15 is 0 Å². The van der Waals surface area contributed by atoms with Gasteiger partial charge in [0.1, 0.15) is 5.70 Å². The maximum absolute atomic E-state index is 14.3. The first-order valence-electron chi connectivity index (χ1n) is 14.7. The first kappa shape index (κ1) is 28.9. The smallest absolute Gasteiger partial charge is 0.286 e. The molecule has 10 heteroatoms. The summed E-state index contributed by atoms with van der Waals surface area (Å²) in [6.45, 7) is 5.33. The highest BCUT2D eigenvalue weighted by Crippen LogP contribution is 2.26. The predicted molar refractivity (Wildman–Crippen MR) is 159 cm³/mol. The Balaban J connectivity index is 1.53. The van der Waals surface area contributed by atoms with Gasteiger partial charge < -0.3 is 29.2 Å². The zero-order valence-corrected chi connectivity index (χ0v) is 23.8. The van der Waals surface area contributed by atoms with Crippen LogP contribution in [0.3, 0.4) is 0 Å². The van der Waals surface area contributed by atoms with E-state index in [0.717, 1.165) is 30.7 Å². The molecule has 1 fully saturated rings. The van der Waals surface area contributed by atoms with E-state index in [-0.39, 0.29) is 6.04 Å². The molecule has 5 heterocycles. The largest absolute Gasteiger partial charge is 0.754 e. The molecule has 2 aromatic carbocycles. The standard InChI is InChI=1S/C32H38N4O6/c37-35-29-21-26-9-12-39-15-16-40-13-10-34(11-14-41-17-18-42-23-33-26)22-32-28-8-4-2-6-25(28)20-31(36(32)38)30(35)19-24-5-1-3-7-27(24)29/h1-8,19-20,26,33H,9-18,21-23H2. The number of nitroso groups, excluding NO2 is 1. The molecule has 1 saturated heterocycles. The van der Waals surface area contributed by atoms with Crippen molar-refractivity contribution < 1.29 is 23.7 Å². The number of hydroxylamine groups is 2. The lowest BCUT2D eigenvalue weighted by molar-refractivity contribution is -0.398. The number of hydrogen-bond acceptors (Lipinski definition) is 9. The number of hydrogen-bond donors (Lipinski definition) is 1. The molecule has 5 aliphatic rings. The van der Waals surface area contributed by atoms with Gasteiger partial charge in [-0.15, -0.1) is 0 Å². The zero-order valence-electron chi connectivity index (χ0n) is 23.8. The highest BCUT2D eigenvalue weighted by Gasteiger charge is 2.34. The van der Waals surface area contributed by atoms with Gasteiger partial charge in [-0.2, -0.15) is 0 Å². The van der Waals surface area contributed by atoms with Crippen LogP contribution >= 0.6 is 0 Å². The summed E-state index contributed by atoms with van der Waals surface area (Å²) >= 11 is 0. The minimum atomic E-state index is -0.0939. The van der Waals surface area contributed by atoms with Gasteiger partial charge >= 0.3 is 0 Å². The predicted octanol–water partition coefficient (Wildman–Crippen LogP) is 0.0732. The van der Waals surface area contributed by atoms with E-state index in [4.69, 9.17) is 18.9 Å². The average Bonchev–Trinajstić information content (AvgIpc) is 3.00. The first-order valence-corrected chi connectivity index (χ1v) is 14.7. The van der Waals surface area contributed by atoms with E-state index in [1.54, 1.807) is 0 Å². The fourth-order valence-electron chi connectivity index (χ4n) is 5.79. The zero-order chi connectivity index (χ0) is 28.7. The average molecular weight is 575 g/mol. The summed E-state index contributed by atoms with van der Waals surface area (Å²) < 4.78 is 24.5. The quantitative estimate of drug-likeness (QED) is 0.439. The Morgan fingerprint density at radius 1 is 0.786 bits per heavy atom. The first-order chi connectivity index (χ1) is 20.7. The van der Waals surface area contributed by atoms with Crippen LogP contribution in [0.2, 0.25) is 0 Å². The minimum Gasteiger partial charge on any atom is -0.754 e. The Bertz CT molecular complexity index is 1550. The van der Waals surface area contributed by atoms with Crippen molar-refractivity contribution in [3.63, 3.8) is 0 Å². The molecular formula is C32H38N4O6. The molecule has 5 aliphatic heterocycles. The molecule has 7 rings (SSSR count). The number of fused-ring (bicyclic) bond motifs is 16. The van der Waals surface area contributed by atoms with Gasteiger partial charge in [0.05, 0.1) is 62.8 Å².